The molecule has 4 nitrogen and oxygen atoms in total. The minimum atomic E-state index is -0.414. The Morgan fingerprint density at radius 2 is 2.10 bits per heavy atom. The van der Waals surface area contributed by atoms with Gasteiger partial charge in [0, 0.05) is 24.8 Å². The lowest BCUT2D eigenvalue weighted by Crippen LogP contribution is -2.42. The molecule has 1 fully saturated rings. The van der Waals surface area contributed by atoms with E-state index in [9.17, 15) is 4.79 Å². The zero-order valence-electron chi connectivity index (χ0n) is 13.3. The van der Waals surface area contributed by atoms with Crippen LogP contribution < -0.4 is 11.1 Å². The van der Waals surface area contributed by atoms with Gasteiger partial charge in [-0.2, -0.15) is 0 Å². The molecule has 1 saturated heterocycles. The summed E-state index contributed by atoms with van der Waals surface area (Å²) in [5.74, 6) is 0.621. The number of hydrogen-bond donors (Lipinski definition) is 2. The smallest absolute Gasteiger partial charge is 0.231 e. The average Bonchev–Trinajstić information content (AvgIpc) is 2.88. The van der Waals surface area contributed by atoms with Crippen LogP contribution in [0.25, 0.3) is 0 Å². The highest BCUT2D eigenvalue weighted by molar-refractivity contribution is 5.94. The minimum absolute atomic E-state index is 0.0675. The van der Waals surface area contributed by atoms with E-state index in [1.807, 2.05) is 44.2 Å². The maximum Gasteiger partial charge on any atom is 0.231 e. The Labute approximate surface area is 127 Å². The van der Waals surface area contributed by atoms with Crippen LogP contribution in [0.3, 0.4) is 0 Å². The fourth-order valence-corrected chi connectivity index (χ4v) is 2.89. The lowest BCUT2D eigenvalue weighted by molar-refractivity contribution is -0.124. The predicted octanol–water partition coefficient (Wildman–Crippen LogP) is 2.32. The molecule has 1 aromatic rings. The maximum atomic E-state index is 12.5. The quantitative estimate of drug-likeness (QED) is 0.874. The van der Waals surface area contributed by atoms with Crippen molar-refractivity contribution in [1.82, 2.24) is 4.90 Å². The first-order valence-corrected chi connectivity index (χ1v) is 7.73. The van der Waals surface area contributed by atoms with Crippen LogP contribution in [0.2, 0.25) is 0 Å². The molecule has 0 aliphatic carbocycles. The summed E-state index contributed by atoms with van der Waals surface area (Å²) in [5, 5.41) is 3.00. The fraction of sp³-hybridized carbons (Fsp3) is 0.588. The molecule has 2 atom stereocenters. The Hall–Kier alpha value is -1.39. The van der Waals surface area contributed by atoms with Gasteiger partial charge in [0.2, 0.25) is 5.91 Å². The Bertz CT molecular complexity index is 470. The van der Waals surface area contributed by atoms with Crippen LogP contribution in [0, 0.1) is 11.3 Å². The molecular weight excluding hydrogens is 262 g/mol. The van der Waals surface area contributed by atoms with E-state index >= 15 is 0 Å². The summed E-state index contributed by atoms with van der Waals surface area (Å²) in [4.78, 5) is 14.8. The van der Waals surface area contributed by atoms with Gasteiger partial charge >= 0.3 is 0 Å². The molecule has 1 aromatic carbocycles. The van der Waals surface area contributed by atoms with Gasteiger partial charge in [0.1, 0.15) is 0 Å². The highest BCUT2D eigenvalue weighted by atomic mass is 16.2. The van der Waals surface area contributed by atoms with Crippen molar-refractivity contribution in [3.63, 3.8) is 0 Å². The Kier molecular flexibility index (Phi) is 5.01. The van der Waals surface area contributed by atoms with Crippen molar-refractivity contribution < 1.29 is 4.79 Å². The summed E-state index contributed by atoms with van der Waals surface area (Å²) in [7, 11) is 0. The largest absolute Gasteiger partial charge is 0.328 e. The van der Waals surface area contributed by atoms with Crippen LogP contribution in [0.5, 0.6) is 0 Å². The molecule has 0 spiro atoms. The number of anilines is 1. The number of nitrogens with two attached hydrogens (primary N) is 1. The van der Waals surface area contributed by atoms with Crippen molar-refractivity contribution in [2.24, 2.45) is 17.1 Å². The molecule has 116 valence electrons. The molecule has 0 radical (unpaired) electrons. The second-order valence-corrected chi connectivity index (χ2v) is 6.85. The maximum absolute atomic E-state index is 12.5. The van der Waals surface area contributed by atoms with E-state index in [1.54, 1.807) is 0 Å². The van der Waals surface area contributed by atoms with Gasteiger partial charge in [0.05, 0.1) is 5.41 Å². The minimum Gasteiger partial charge on any atom is -0.328 e. The second kappa shape index (κ2) is 6.58. The van der Waals surface area contributed by atoms with E-state index < -0.39 is 5.41 Å². The molecule has 1 aliphatic rings. The summed E-state index contributed by atoms with van der Waals surface area (Å²) in [6, 6.07) is 9.86. The molecule has 4 heteroatoms. The first-order valence-electron chi connectivity index (χ1n) is 7.73. The molecule has 1 amide bonds. The second-order valence-electron chi connectivity index (χ2n) is 6.85. The topological polar surface area (TPSA) is 58.4 Å². The van der Waals surface area contributed by atoms with Gasteiger partial charge in [-0.1, -0.05) is 18.2 Å². The van der Waals surface area contributed by atoms with Crippen molar-refractivity contribution >= 4 is 11.6 Å². The summed E-state index contributed by atoms with van der Waals surface area (Å²) in [5.41, 5.74) is 6.42. The van der Waals surface area contributed by atoms with Crippen LogP contribution in [0.4, 0.5) is 5.69 Å². The van der Waals surface area contributed by atoms with E-state index in [1.165, 1.54) is 0 Å². The van der Waals surface area contributed by atoms with Gasteiger partial charge in [0.15, 0.2) is 0 Å². The highest BCUT2D eigenvalue weighted by Gasteiger charge is 2.34. The van der Waals surface area contributed by atoms with E-state index in [0.717, 1.165) is 31.7 Å². The summed E-state index contributed by atoms with van der Waals surface area (Å²) in [6.45, 7) is 8.89. The summed E-state index contributed by atoms with van der Waals surface area (Å²) < 4.78 is 0. The predicted molar refractivity (Wildman–Crippen MR) is 87.0 cm³/mol. The Morgan fingerprint density at radius 1 is 1.43 bits per heavy atom. The van der Waals surface area contributed by atoms with Crippen molar-refractivity contribution in [1.29, 1.82) is 0 Å². The van der Waals surface area contributed by atoms with Crippen molar-refractivity contribution in [2.75, 3.05) is 25.0 Å². The highest BCUT2D eigenvalue weighted by Crippen LogP contribution is 2.25. The Balaban J connectivity index is 1.91. The van der Waals surface area contributed by atoms with E-state index in [2.05, 4.69) is 17.1 Å². The monoisotopic (exact) mass is 289 g/mol. The van der Waals surface area contributed by atoms with Gasteiger partial charge in [-0.3, -0.25) is 4.79 Å². The number of para-hydroxylation sites is 1. The molecule has 1 heterocycles. The van der Waals surface area contributed by atoms with Gasteiger partial charge in [0.25, 0.3) is 0 Å². The number of nitrogens with one attached hydrogen (secondary N) is 1. The van der Waals surface area contributed by atoms with Crippen molar-refractivity contribution in [3.05, 3.63) is 30.3 Å². The van der Waals surface area contributed by atoms with Crippen LogP contribution in [0.1, 0.15) is 27.2 Å². The van der Waals surface area contributed by atoms with Crippen LogP contribution >= 0.6 is 0 Å². The lowest BCUT2D eigenvalue weighted by Gasteiger charge is -2.29. The average molecular weight is 289 g/mol. The third-order valence-corrected chi connectivity index (χ3v) is 4.32. The van der Waals surface area contributed by atoms with E-state index in [-0.39, 0.29) is 11.9 Å². The van der Waals surface area contributed by atoms with Gasteiger partial charge in [-0.15, -0.1) is 0 Å². The van der Waals surface area contributed by atoms with E-state index in [4.69, 9.17) is 5.73 Å². The molecule has 0 saturated carbocycles. The van der Waals surface area contributed by atoms with Crippen LogP contribution in [-0.4, -0.2) is 36.5 Å². The van der Waals surface area contributed by atoms with Gasteiger partial charge in [-0.05, 0) is 51.8 Å². The fourth-order valence-electron chi connectivity index (χ4n) is 2.89. The van der Waals surface area contributed by atoms with Crippen LogP contribution in [0.15, 0.2) is 30.3 Å². The number of carbonyl (C=O) groups is 1. The third-order valence-electron chi connectivity index (χ3n) is 4.32. The number of nitrogens with zero attached hydrogens (tertiary/aromatic N) is 1. The van der Waals surface area contributed by atoms with Crippen molar-refractivity contribution in [3.8, 4) is 0 Å². The number of rotatable bonds is 5. The molecule has 2 unspecified atom stereocenters. The zero-order chi connectivity index (χ0) is 15.5. The normalized spacial score (nSPS) is 21.2. The molecule has 21 heavy (non-hydrogen) atoms. The molecule has 3 N–H and O–H groups in total. The number of carbonyl (C=O) groups excluding carboxylic acids is 1. The Morgan fingerprint density at radius 3 is 2.67 bits per heavy atom. The first-order chi connectivity index (χ1) is 9.88. The first kappa shape index (κ1) is 16.0. The molecular formula is C17H27N3O. The van der Waals surface area contributed by atoms with Gasteiger partial charge < -0.3 is 16.0 Å². The SMILES string of the molecule is CC(N)C1CCN(CC(C)(C)C(=O)Nc2ccccc2)C1. The van der Waals surface area contributed by atoms with Crippen LogP contribution in [-0.2, 0) is 4.79 Å². The van der Waals surface area contributed by atoms with E-state index in [0.29, 0.717) is 5.92 Å². The lowest BCUT2D eigenvalue weighted by atomic mass is 9.91. The standard InChI is InChI=1S/C17H27N3O/c1-13(18)14-9-10-20(11-14)12-17(2,3)16(21)19-15-7-5-4-6-8-15/h4-8,13-14H,9-12,18H2,1-3H3,(H,19,21). The molecule has 0 aromatic heterocycles. The molecule has 0 bridgehead atoms. The van der Waals surface area contributed by atoms with Crippen molar-refractivity contribution in [2.45, 2.75) is 33.2 Å². The summed E-state index contributed by atoms with van der Waals surface area (Å²) in [6.07, 6.45) is 1.13. The summed E-state index contributed by atoms with van der Waals surface area (Å²) >= 11 is 0. The molecule has 1 aliphatic heterocycles. The van der Waals surface area contributed by atoms with Gasteiger partial charge in [-0.25, -0.2) is 0 Å². The number of hydrogen-bond acceptors (Lipinski definition) is 3. The number of benzene rings is 1. The molecule has 2 rings (SSSR count). The third kappa shape index (κ3) is 4.29. The number of likely N-dealkylation sites (tertiary alicyclic amines) is 1. The number of amides is 1. The zero-order valence-corrected chi connectivity index (χ0v) is 13.3.